The quantitative estimate of drug-likeness (QED) is 0.0986. The van der Waals surface area contributed by atoms with E-state index in [4.69, 9.17) is 0 Å². The first-order valence-electron chi connectivity index (χ1n) is 12.0. The number of aromatic nitrogens is 7. The van der Waals surface area contributed by atoms with E-state index in [1.54, 1.807) is 17.8 Å². The molecule has 0 saturated carbocycles. The number of nitro groups is 1. The Kier molecular flexibility index (Phi) is 8.13. The first-order chi connectivity index (χ1) is 18.9. The van der Waals surface area contributed by atoms with Gasteiger partial charge < -0.3 is 9.97 Å². The molecule has 39 heavy (non-hydrogen) atoms. The average molecular weight is 557 g/mol. The fourth-order valence-electron chi connectivity index (χ4n) is 3.75. The maximum Gasteiger partial charge on any atom is 0.287 e. The van der Waals surface area contributed by atoms with Gasteiger partial charge in [-0.2, -0.15) is 0 Å². The Balaban J connectivity index is 0.000000158. The van der Waals surface area contributed by atoms with Gasteiger partial charge >= 0.3 is 0 Å². The van der Waals surface area contributed by atoms with Gasteiger partial charge in [0.1, 0.15) is 17.8 Å². The van der Waals surface area contributed by atoms with Gasteiger partial charge in [-0.05, 0) is 50.2 Å². The zero-order valence-corrected chi connectivity index (χ0v) is 22.8. The van der Waals surface area contributed by atoms with Crippen LogP contribution in [0.15, 0.2) is 83.1 Å². The number of aryl methyl sites for hydroxylation is 2. The van der Waals surface area contributed by atoms with Crippen molar-refractivity contribution in [1.82, 2.24) is 34.9 Å². The fourth-order valence-corrected chi connectivity index (χ4v) is 5.28. The van der Waals surface area contributed by atoms with E-state index in [1.807, 2.05) is 68.4 Å². The van der Waals surface area contributed by atoms with Crippen molar-refractivity contribution in [2.45, 2.75) is 35.5 Å². The molecule has 2 aromatic carbocycles. The molecule has 0 saturated heterocycles. The Morgan fingerprint density at radius 2 is 1.33 bits per heavy atom. The monoisotopic (exact) mass is 556 g/mol. The molecule has 10 nitrogen and oxygen atoms in total. The molecule has 0 aliphatic rings. The molecule has 0 fully saturated rings. The smallest absolute Gasteiger partial charge is 0.287 e. The topological polar surface area (TPSA) is 139 Å². The van der Waals surface area contributed by atoms with E-state index in [2.05, 4.69) is 34.9 Å². The van der Waals surface area contributed by atoms with Crippen molar-refractivity contribution in [2.75, 3.05) is 0 Å². The van der Waals surface area contributed by atoms with Gasteiger partial charge in [-0.25, -0.2) is 24.9 Å². The van der Waals surface area contributed by atoms with Gasteiger partial charge in [-0.3, -0.25) is 10.1 Å². The number of aromatic amines is 2. The van der Waals surface area contributed by atoms with E-state index in [9.17, 15) is 10.1 Å². The summed E-state index contributed by atoms with van der Waals surface area (Å²) in [4.78, 5) is 38.5. The third kappa shape index (κ3) is 6.98. The number of fused-ring (bicyclic) bond motifs is 2. The lowest BCUT2D eigenvalue weighted by Crippen LogP contribution is -1.93. The number of para-hydroxylation sites is 4. The summed E-state index contributed by atoms with van der Waals surface area (Å²) in [6, 6.07) is 20.9. The number of rotatable bonds is 7. The van der Waals surface area contributed by atoms with Crippen LogP contribution in [0.1, 0.15) is 23.0 Å². The first kappa shape index (κ1) is 26.3. The van der Waals surface area contributed by atoms with Crippen LogP contribution in [-0.2, 0) is 11.5 Å². The molecule has 0 bridgehead atoms. The number of H-pyrrole nitrogens is 2. The van der Waals surface area contributed by atoms with Gasteiger partial charge in [-0.1, -0.05) is 47.8 Å². The number of nitrogens with zero attached hydrogens (tertiary/aromatic N) is 6. The Hall–Kier alpha value is -4.29. The van der Waals surface area contributed by atoms with E-state index in [-0.39, 0.29) is 5.69 Å². The summed E-state index contributed by atoms with van der Waals surface area (Å²) in [7, 11) is 0. The van der Waals surface area contributed by atoms with Crippen molar-refractivity contribution >= 4 is 51.3 Å². The van der Waals surface area contributed by atoms with Gasteiger partial charge in [0.25, 0.3) is 5.69 Å². The maximum absolute atomic E-state index is 10.5. The van der Waals surface area contributed by atoms with Gasteiger partial charge in [0.2, 0.25) is 0 Å². The van der Waals surface area contributed by atoms with Crippen molar-refractivity contribution in [1.29, 1.82) is 0 Å². The third-order valence-corrected chi connectivity index (χ3v) is 7.28. The van der Waals surface area contributed by atoms with Crippen molar-refractivity contribution in [3.05, 3.63) is 106 Å². The molecular formula is C27H24N8O2S2. The van der Waals surface area contributed by atoms with Crippen molar-refractivity contribution in [3.8, 4) is 0 Å². The SMILES string of the molecule is Cc1cc(C)nc(SCc2nc3ccccc3[nH]2)n1.O=[N+]([O-])c1ccc(SCc2nc3ccccc3[nH]2)nc1. The zero-order chi connectivity index (χ0) is 27.2. The second kappa shape index (κ2) is 12.0. The number of hydrogen-bond donors (Lipinski definition) is 2. The van der Waals surface area contributed by atoms with Crippen LogP contribution in [0.5, 0.6) is 0 Å². The molecule has 6 rings (SSSR count). The molecule has 12 heteroatoms. The second-order valence-electron chi connectivity index (χ2n) is 8.52. The maximum atomic E-state index is 10.5. The highest BCUT2D eigenvalue weighted by molar-refractivity contribution is 7.98. The number of benzene rings is 2. The lowest BCUT2D eigenvalue weighted by Gasteiger charge is -2.01. The van der Waals surface area contributed by atoms with Crippen LogP contribution < -0.4 is 0 Å². The zero-order valence-electron chi connectivity index (χ0n) is 21.2. The van der Waals surface area contributed by atoms with E-state index >= 15 is 0 Å². The number of hydrogen-bond acceptors (Lipinski definition) is 9. The minimum absolute atomic E-state index is 0.00177. The summed E-state index contributed by atoms with van der Waals surface area (Å²) in [5.74, 6) is 3.20. The molecular weight excluding hydrogens is 532 g/mol. The highest BCUT2D eigenvalue weighted by Crippen LogP contribution is 2.23. The summed E-state index contributed by atoms with van der Waals surface area (Å²) < 4.78 is 0. The Morgan fingerprint density at radius 1 is 0.769 bits per heavy atom. The van der Waals surface area contributed by atoms with Crippen LogP contribution in [-0.4, -0.2) is 39.8 Å². The second-order valence-corrected chi connectivity index (χ2v) is 10.5. The highest BCUT2D eigenvalue weighted by Gasteiger charge is 2.08. The average Bonchev–Trinajstić information content (AvgIpc) is 3.54. The van der Waals surface area contributed by atoms with E-state index in [1.165, 1.54) is 24.0 Å². The van der Waals surface area contributed by atoms with Gasteiger partial charge in [0.05, 0.1) is 43.5 Å². The molecule has 4 aromatic heterocycles. The lowest BCUT2D eigenvalue weighted by molar-refractivity contribution is -0.385. The number of imidazole rings is 2. The van der Waals surface area contributed by atoms with Gasteiger partial charge in [-0.15, -0.1) is 0 Å². The molecule has 4 heterocycles. The summed E-state index contributed by atoms with van der Waals surface area (Å²) in [6.45, 7) is 3.97. The highest BCUT2D eigenvalue weighted by atomic mass is 32.2. The van der Waals surface area contributed by atoms with Gasteiger partial charge in [0, 0.05) is 17.5 Å². The van der Waals surface area contributed by atoms with Crippen molar-refractivity contribution in [2.24, 2.45) is 0 Å². The number of pyridine rings is 1. The molecule has 0 atom stereocenters. The van der Waals surface area contributed by atoms with E-state index in [0.717, 1.165) is 61.0 Å². The predicted octanol–water partition coefficient (Wildman–Crippen LogP) is 6.42. The van der Waals surface area contributed by atoms with Crippen LogP contribution in [0, 0.1) is 24.0 Å². The third-order valence-electron chi connectivity index (χ3n) is 5.46. The summed E-state index contributed by atoms with van der Waals surface area (Å²) in [5.41, 5.74) is 6.00. The fraction of sp³-hybridized carbons (Fsp3) is 0.148. The molecule has 2 N–H and O–H groups in total. The molecule has 0 aliphatic heterocycles. The van der Waals surface area contributed by atoms with Crippen LogP contribution in [0.4, 0.5) is 5.69 Å². The largest absolute Gasteiger partial charge is 0.341 e. The van der Waals surface area contributed by atoms with E-state index < -0.39 is 4.92 Å². The molecule has 0 radical (unpaired) electrons. The molecule has 0 aliphatic carbocycles. The van der Waals surface area contributed by atoms with Crippen LogP contribution in [0.3, 0.4) is 0 Å². The van der Waals surface area contributed by atoms with Crippen molar-refractivity contribution in [3.63, 3.8) is 0 Å². The normalized spacial score (nSPS) is 10.9. The summed E-state index contributed by atoms with van der Waals surface area (Å²) >= 11 is 3.08. The van der Waals surface area contributed by atoms with Crippen molar-refractivity contribution < 1.29 is 4.92 Å². The van der Waals surface area contributed by atoms with Crippen LogP contribution in [0.25, 0.3) is 22.1 Å². The Bertz CT molecular complexity index is 1650. The minimum Gasteiger partial charge on any atom is -0.341 e. The number of nitrogens with one attached hydrogen (secondary N) is 2. The Labute approximate surface area is 232 Å². The minimum atomic E-state index is -0.458. The molecule has 0 amide bonds. The summed E-state index contributed by atoms with van der Waals surface area (Å²) in [6.07, 6.45) is 1.26. The molecule has 0 unspecified atom stereocenters. The van der Waals surface area contributed by atoms with E-state index in [0.29, 0.717) is 5.75 Å². The number of thioether (sulfide) groups is 2. The molecule has 6 aromatic rings. The van der Waals surface area contributed by atoms with Gasteiger partial charge in [0.15, 0.2) is 5.16 Å². The lowest BCUT2D eigenvalue weighted by atomic mass is 10.3. The Morgan fingerprint density at radius 3 is 1.85 bits per heavy atom. The first-order valence-corrected chi connectivity index (χ1v) is 14.0. The standard InChI is InChI=1S/C14H14N4S.C13H10N4O2S/c1-9-7-10(2)16-14(15-9)19-8-13-17-11-5-3-4-6-12(11)18-13;18-17(19)9-5-6-13(14-7-9)20-8-12-15-10-3-1-2-4-11(10)16-12/h3-7H,8H2,1-2H3,(H,17,18);1-7H,8H2,(H,15,16). The summed E-state index contributed by atoms with van der Waals surface area (Å²) in [5, 5.41) is 12.1. The van der Waals surface area contributed by atoms with Crippen LogP contribution >= 0.6 is 23.5 Å². The molecule has 196 valence electrons. The molecule has 0 spiro atoms. The van der Waals surface area contributed by atoms with Crippen LogP contribution in [0.2, 0.25) is 0 Å². The predicted molar refractivity (Wildman–Crippen MR) is 154 cm³/mol.